The number of benzene rings is 1. The van der Waals surface area contributed by atoms with Crippen LogP contribution in [0.25, 0.3) is 0 Å². The van der Waals surface area contributed by atoms with Gasteiger partial charge in [0.25, 0.3) is 0 Å². The molecule has 0 saturated heterocycles. The molecule has 0 aliphatic heterocycles. The first-order valence-electron chi connectivity index (χ1n) is 4.81. The average Bonchev–Trinajstić information content (AvgIpc) is 2.27. The smallest absolute Gasteiger partial charge is 0.337 e. The highest BCUT2D eigenvalue weighted by atomic mass is 79.9. The van der Waals surface area contributed by atoms with Crippen LogP contribution in [0.5, 0.6) is 0 Å². The molecule has 0 spiro atoms. The molecule has 1 rings (SSSR count). The van der Waals surface area contributed by atoms with Gasteiger partial charge in [-0.1, -0.05) is 44.0 Å². The highest BCUT2D eigenvalue weighted by molar-refractivity contribution is 9.10. The highest BCUT2D eigenvalue weighted by Gasteiger charge is 2.16. The molecular weight excluding hydrogens is 340 g/mol. The van der Waals surface area contributed by atoms with Gasteiger partial charge in [-0.05, 0) is 30.0 Å². The van der Waals surface area contributed by atoms with Gasteiger partial charge in [-0.25, -0.2) is 4.79 Å². The van der Waals surface area contributed by atoms with Gasteiger partial charge >= 0.3 is 5.97 Å². The summed E-state index contributed by atoms with van der Waals surface area (Å²) >= 11 is 6.75. The van der Waals surface area contributed by atoms with Gasteiger partial charge < -0.3 is 10.2 Å². The first-order chi connectivity index (χ1) is 7.56. The zero-order valence-corrected chi connectivity index (χ0v) is 11.7. The molecule has 1 unspecified atom stereocenters. The van der Waals surface area contributed by atoms with Crippen LogP contribution in [0.3, 0.4) is 0 Å². The molecule has 2 N–H and O–H groups in total. The van der Waals surface area contributed by atoms with E-state index in [9.17, 15) is 9.90 Å². The SMILES string of the molecule is O=C(O)C(O)c1ccc(Br)c(CCCBr)c1. The predicted molar refractivity (Wildman–Crippen MR) is 68.9 cm³/mol. The fourth-order valence-corrected chi connectivity index (χ4v) is 2.08. The zero-order chi connectivity index (χ0) is 12.1. The number of carboxylic acid groups (broad SMARTS) is 1. The monoisotopic (exact) mass is 350 g/mol. The van der Waals surface area contributed by atoms with E-state index >= 15 is 0 Å². The second-order valence-electron chi connectivity index (χ2n) is 3.38. The number of aliphatic carboxylic acids is 1. The Morgan fingerprint density at radius 2 is 2.12 bits per heavy atom. The van der Waals surface area contributed by atoms with E-state index in [4.69, 9.17) is 5.11 Å². The van der Waals surface area contributed by atoms with Crippen LogP contribution in [0.15, 0.2) is 22.7 Å². The van der Waals surface area contributed by atoms with Gasteiger partial charge in [-0.2, -0.15) is 0 Å². The first kappa shape index (κ1) is 13.7. The lowest BCUT2D eigenvalue weighted by Gasteiger charge is -2.09. The standard InChI is InChI=1S/C11H12Br2O3/c12-5-1-2-7-6-8(3-4-9(7)13)10(14)11(15)16/h3-4,6,10,14H,1-2,5H2,(H,15,16). The topological polar surface area (TPSA) is 57.5 Å². The van der Waals surface area contributed by atoms with E-state index in [1.807, 2.05) is 0 Å². The number of aliphatic hydroxyl groups excluding tert-OH is 1. The second kappa shape index (κ2) is 6.37. The molecular formula is C11H12Br2O3. The van der Waals surface area contributed by atoms with E-state index in [0.29, 0.717) is 5.56 Å². The molecule has 1 aromatic carbocycles. The minimum atomic E-state index is -1.45. The van der Waals surface area contributed by atoms with Gasteiger partial charge in [-0.15, -0.1) is 0 Å². The molecule has 1 aromatic rings. The van der Waals surface area contributed by atoms with Crippen molar-refractivity contribution in [3.8, 4) is 0 Å². The van der Waals surface area contributed by atoms with Crippen molar-refractivity contribution in [2.45, 2.75) is 18.9 Å². The maximum atomic E-state index is 10.6. The van der Waals surface area contributed by atoms with Crippen LogP contribution in [0.4, 0.5) is 0 Å². The summed E-state index contributed by atoms with van der Waals surface area (Å²) in [5.41, 5.74) is 1.43. The quantitative estimate of drug-likeness (QED) is 0.802. The molecule has 0 saturated carbocycles. The number of aliphatic hydroxyl groups is 1. The fourth-order valence-electron chi connectivity index (χ4n) is 1.36. The summed E-state index contributed by atoms with van der Waals surface area (Å²) in [5, 5.41) is 19.0. The lowest BCUT2D eigenvalue weighted by atomic mass is 10.0. The van der Waals surface area contributed by atoms with E-state index < -0.39 is 12.1 Å². The van der Waals surface area contributed by atoms with E-state index in [1.165, 1.54) is 0 Å². The number of halogens is 2. The number of carbonyl (C=O) groups is 1. The summed E-state index contributed by atoms with van der Waals surface area (Å²) in [5.74, 6) is -1.23. The minimum Gasteiger partial charge on any atom is -0.479 e. The molecule has 0 bridgehead atoms. The molecule has 1 atom stereocenters. The van der Waals surface area contributed by atoms with Crippen molar-refractivity contribution in [3.05, 3.63) is 33.8 Å². The molecule has 0 amide bonds. The Balaban J connectivity index is 2.92. The van der Waals surface area contributed by atoms with Crippen LogP contribution >= 0.6 is 31.9 Å². The minimum absolute atomic E-state index is 0.417. The molecule has 0 heterocycles. The molecule has 0 aliphatic carbocycles. The molecule has 0 fully saturated rings. The molecule has 0 aromatic heterocycles. The summed E-state index contributed by atoms with van der Waals surface area (Å²) in [6.07, 6.45) is 0.354. The van der Waals surface area contributed by atoms with E-state index in [2.05, 4.69) is 31.9 Å². The fraction of sp³-hybridized carbons (Fsp3) is 0.364. The number of hydrogen-bond acceptors (Lipinski definition) is 2. The summed E-state index contributed by atoms with van der Waals surface area (Å²) in [6, 6.07) is 5.11. The van der Waals surface area contributed by atoms with Crippen LogP contribution in [-0.4, -0.2) is 21.5 Å². The molecule has 5 heteroatoms. The Bertz CT molecular complexity index is 379. The zero-order valence-electron chi connectivity index (χ0n) is 8.49. The van der Waals surface area contributed by atoms with Crippen LogP contribution < -0.4 is 0 Å². The Kier molecular flexibility index (Phi) is 5.44. The van der Waals surface area contributed by atoms with E-state index in [1.54, 1.807) is 18.2 Å². The van der Waals surface area contributed by atoms with Gasteiger partial charge in [0, 0.05) is 9.80 Å². The number of hydrogen-bond donors (Lipinski definition) is 2. The largest absolute Gasteiger partial charge is 0.479 e. The van der Waals surface area contributed by atoms with Crippen LogP contribution in [-0.2, 0) is 11.2 Å². The number of alkyl halides is 1. The molecule has 3 nitrogen and oxygen atoms in total. The number of carboxylic acids is 1. The lowest BCUT2D eigenvalue weighted by molar-refractivity contribution is -0.146. The van der Waals surface area contributed by atoms with E-state index in [-0.39, 0.29) is 0 Å². The van der Waals surface area contributed by atoms with Crippen molar-refractivity contribution in [2.75, 3.05) is 5.33 Å². The van der Waals surface area contributed by atoms with Crippen LogP contribution in [0, 0.1) is 0 Å². The number of rotatable bonds is 5. The first-order valence-corrected chi connectivity index (χ1v) is 6.73. The predicted octanol–water partition coefficient (Wildman–Crippen LogP) is 2.89. The van der Waals surface area contributed by atoms with Crippen molar-refractivity contribution in [1.82, 2.24) is 0 Å². The summed E-state index contributed by atoms with van der Waals surface area (Å²) in [6.45, 7) is 0. The summed E-state index contributed by atoms with van der Waals surface area (Å²) in [7, 11) is 0. The average molecular weight is 352 g/mol. The van der Waals surface area contributed by atoms with Gasteiger partial charge in [0.15, 0.2) is 6.10 Å². The maximum absolute atomic E-state index is 10.6. The maximum Gasteiger partial charge on any atom is 0.337 e. The van der Waals surface area contributed by atoms with E-state index in [0.717, 1.165) is 28.2 Å². The lowest BCUT2D eigenvalue weighted by Crippen LogP contribution is -2.10. The Labute approximate surface area is 111 Å². The van der Waals surface area contributed by atoms with Gasteiger partial charge in [0.2, 0.25) is 0 Å². The normalized spacial score (nSPS) is 12.4. The summed E-state index contributed by atoms with van der Waals surface area (Å²) < 4.78 is 0.940. The third-order valence-corrected chi connectivity index (χ3v) is 3.53. The van der Waals surface area contributed by atoms with Crippen molar-refractivity contribution in [1.29, 1.82) is 0 Å². The van der Waals surface area contributed by atoms with Crippen LogP contribution in [0.1, 0.15) is 23.7 Å². The Morgan fingerprint density at radius 3 is 2.69 bits per heavy atom. The van der Waals surface area contributed by atoms with Gasteiger partial charge in [0.1, 0.15) is 0 Å². The third kappa shape index (κ3) is 3.57. The third-order valence-electron chi connectivity index (χ3n) is 2.20. The number of aryl methyl sites for hydroxylation is 1. The molecule has 88 valence electrons. The Hall–Kier alpha value is -0.390. The molecule has 16 heavy (non-hydrogen) atoms. The Morgan fingerprint density at radius 1 is 1.44 bits per heavy atom. The van der Waals surface area contributed by atoms with Crippen molar-refractivity contribution in [2.24, 2.45) is 0 Å². The van der Waals surface area contributed by atoms with Crippen molar-refractivity contribution in [3.63, 3.8) is 0 Å². The summed E-state index contributed by atoms with van der Waals surface area (Å²) in [4.78, 5) is 10.6. The molecule has 0 radical (unpaired) electrons. The molecule has 0 aliphatic rings. The van der Waals surface area contributed by atoms with Crippen molar-refractivity contribution >= 4 is 37.8 Å². The van der Waals surface area contributed by atoms with Gasteiger partial charge in [0.05, 0.1) is 0 Å². The van der Waals surface area contributed by atoms with Crippen LogP contribution in [0.2, 0.25) is 0 Å². The second-order valence-corrected chi connectivity index (χ2v) is 5.03. The van der Waals surface area contributed by atoms with Crippen molar-refractivity contribution < 1.29 is 15.0 Å². The highest BCUT2D eigenvalue weighted by Crippen LogP contribution is 2.23. The van der Waals surface area contributed by atoms with Gasteiger partial charge in [-0.3, -0.25) is 0 Å².